The third-order valence-corrected chi connectivity index (χ3v) is 3.30. The van der Waals surface area contributed by atoms with Gasteiger partial charge in [-0.3, -0.25) is 4.79 Å². The maximum atomic E-state index is 12.2. The molecule has 0 aliphatic carbocycles. The largest absolute Gasteiger partial charge is 0.488 e. The first kappa shape index (κ1) is 14.8. The average Bonchev–Trinajstić information content (AvgIpc) is 2.56. The molecule has 116 valence electrons. The van der Waals surface area contributed by atoms with Crippen molar-refractivity contribution in [2.75, 3.05) is 0 Å². The molecular weight excluding hydrogens is 294 g/mol. The van der Waals surface area contributed by atoms with Crippen molar-refractivity contribution in [1.29, 1.82) is 0 Å². The van der Waals surface area contributed by atoms with E-state index in [-0.39, 0.29) is 0 Å². The predicted molar refractivity (Wildman–Crippen MR) is 86.2 cm³/mol. The highest BCUT2D eigenvalue weighted by molar-refractivity contribution is 5.85. The van der Waals surface area contributed by atoms with Gasteiger partial charge in [0.25, 0.3) is 5.56 Å². The van der Waals surface area contributed by atoms with E-state index in [0.717, 1.165) is 10.3 Å². The van der Waals surface area contributed by atoms with E-state index in [1.165, 1.54) is 13.0 Å². The zero-order valence-corrected chi connectivity index (χ0v) is 12.6. The van der Waals surface area contributed by atoms with Crippen molar-refractivity contribution in [1.82, 2.24) is 4.73 Å². The Kier molecular flexibility index (Phi) is 4.10. The lowest BCUT2D eigenvalue weighted by molar-refractivity contribution is -0.141. The fourth-order valence-corrected chi connectivity index (χ4v) is 2.30. The van der Waals surface area contributed by atoms with Crippen LogP contribution in [-0.2, 0) is 11.4 Å². The summed E-state index contributed by atoms with van der Waals surface area (Å²) in [6.07, 6.45) is 0. The topological polar surface area (TPSA) is 57.5 Å². The van der Waals surface area contributed by atoms with Crippen molar-refractivity contribution in [3.63, 3.8) is 0 Å². The summed E-state index contributed by atoms with van der Waals surface area (Å²) < 4.78 is 6.77. The molecule has 0 aliphatic heterocycles. The second kappa shape index (κ2) is 6.36. The van der Waals surface area contributed by atoms with Crippen LogP contribution >= 0.6 is 0 Å². The molecule has 1 aromatic heterocycles. The molecule has 0 spiro atoms. The smallest absolute Gasteiger partial charge is 0.330 e. The molecule has 0 N–H and O–H groups in total. The lowest BCUT2D eigenvalue weighted by Gasteiger charge is -2.13. The quantitative estimate of drug-likeness (QED) is 0.743. The number of hydrogen-bond acceptors (Lipinski definition) is 4. The van der Waals surface area contributed by atoms with E-state index < -0.39 is 11.5 Å². The van der Waals surface area contributed by atoms with Crippen LogP contribution in [0.2, 0.25) is 0 Å². The van der Waals surface area contributed by atoms with Crippen molar-refractivity contribution >= 4 is 16.9 Å². The van der Waals surface area contributed by atoms with Gasteiger partial charge in [0.2, 0.25) is 0 Å². The third kappa shape index (κ3) is 3.23. The summed E-state index contributed by atoms with van der Waals surface area (Å²) in [5.74, 6) is -0.104. The van der Waals surface area contributed by atoms with Crippen molar-refractivity contribution in [3.8, 4) is 5.75 Å². The Morgan fingerprint density at radius 2 is 1.74 bits per heavy atom. The summed E-state index contributed by atoms with van der Waals surface area (Å²) in [6, 6.07) is 18.1. The van der Waals surface area contributed by atoms with E-state index in [1.54, 1.807) is 12.1 Å². The van der Waals surface area contributed by atoms with Crippen LogP contribution in [0.4, 0.5) is 0 Å². The van der Waals surface area contributed by atoms with Crippen LogP contribution in [0, 0.1) is 0 Å². The zero-order valence-electron chi connectivity index (χ0n) is 12.6. The Morgan fingerprint density at radius 3 is 2.48 bits per heavy atom. The lowest BCUT2D eigenvalue weighted by Crippen LogP contribution is -2.29. The molecule has 3 rings (SSSR count). The van der Waals surface area contributed by atoms with Gasteiger partial charge in [0.15, 0.2) is 0 Å². The number of para-hydroxylation sites is 1. The van der Waals surface area contributed by atoms with Crippen LogP contribution in [0.3, 0.4) is 0 Å². The number of carbonyl (C=O) groups is 1. The number of ether oxygens (including phenoxy) is 1. The van der Waals surface area contributed by atoms with E-state index in [1.807, 2.05) is 42.5 Å². The van der Waals surface area contributed by atoms with E-state index >= 15 is 0 Å². The van der Waals surface area contributed by atoms with Gasteiger partial charge in [0.1, 0.15) is 12.4 Å². The van der Waals surface area contributed by atoms with E-state index in [2.05, 4.69) is 0 Å². The number of carbonyl (C=O) groups excluding carboxylic acids is 1. The summed E-state index contributed by atoms with van der Waals surface area (Å²) in [7, 11) is 0. The maximum Gasteiger partial charge on any atom is 0.330 e. The number of fused-ring (bicyclic) bond motifs is 1. The van der Waals surface area contributed by atoms with Crippen molar-refractivity contribution in [3.05, 3.63) is 76.6 Å². The zero-order chi connectivity index (χ0) is 16.2. The fourth-order valence-electron chi connectivity index (χ4n) is 2.30. The Bertz CT molecular complexity index is 900. The van der Waals surface area contributed by atoms with E-state index in [0.29, 0.717) is 23.3 Å². The first-order valence-electron chi connectivity index (χ1n) is 7.15. The van der Waals surface area contributed by atoms with Gasteiger partial charge in [0, 0.05) is 18.4 Å². The van der Waals surface area contributed by atoms with E-state index in [9.17, 15) is 9.59 Å². The molecule has 1 heterocycles. The summed E-state index contributed by atoms with van der Waals surface area (Å²) >= 11 is 0. The van der Waals surface area contributed by atoms with Crippen LogP contribution < -0.4 is 15.1 Å². The molecule has 0 fully saturated rings. The minimum atomic E-state index is -0.560. The summed E-state index contributed by atoms with van der Waals surface area (Å²) in [5, 5.41) is 0.698. The van der Waals surface area contributed by atoms with Crippen LogP contribution in [0.15, 0.2) is 65.5 Å². The highest BCUT2D eigenvalue weighted by atomic mass is 16.7. The molecule has 5 nitrogen and oxygen atoms in total. The Hall–Kier alpha value is -3.08. The maximum absolute atomic E-state index is 12.2. The highest BCUT2D eigenvalue weighted by Crippen LogP contribution is 2.24. The third-order valence-electron chi connectivity index (χ3n) is 3.30. The molecule has 3 aromatic rings. The van der Waals surface area contributed by atoms with Gasteiger partial charge in [-0.1, -0.05) is 42.5 Å². The minimum absolute atomic E-state index is 0.349. The molecule has 23 heavy (non-hydrogen) atoms. The summed E-state index contributed by atoms with van der Waals surface area (Å²) in [6.45, 7) is 1.60. The van der Waals surface area contributed by atoms with E-state index in [4.69, 9.17) is 9.57 Å². The molecular formula is C18H15NO4. The van der Waals surface area contributed by atoms with Gasteiger partial charge in [-0.05, 0) is 17.7 Å². The van der Waals surface area contributed by atoms with Crippen LogP contribution in [0.5, 0.6) is 5.75 Å². The van der Waals surface area contributed by atoms with Crippen LogP contribution in [-0.4, -0.2) is 10.7 Å². The number of benzene rings is 2. The number of hydrogen-bond donors (Lipinski definition) is 0. The highest BCUT2D eigenvalue weighted by Gasteiger charge is 2.12. The number of nitrogens with zero attached hydrogens (tertiary/aromatic N) is 1. The molecule has 0 radical (unpaired) electrons. The van der Waals surface area contributed by atoms with Gasteiger partial charge in [0.05, 0.1) is 5.52 Å². The second-order valence-electron chi connectivity index (χ2n) is 5.02. The molecule has 0 saturated heterocycles. The van der Waals surface area contributed by atoms with Crippen molar-refractivity contribution in [2.24, 2.45) is 0 Å². The Labute approximate surface area is 132 Å². The lowest BCUT2D eigenvalue weighted by atomic mass is 10.2. The SMILES string of the molecule is CC(=O)On1c(=O)cc(OCc2ccccc2)c2ccccc21. The Balaban J connectivity index is 2.01. The van der Waals surface area contributed by atoms with Crippen LogP contribution in [0.25, 0.3) is 10.9 Å². The number of aromatic nitrogens is 1. The first-order valence-corrected chi connectivity index (χ1v) is 7.15. The Morgan fingerprint density at radius 1 is 1.04 bits per heavy atom. The first-order chi connectivity index (χ1) is 11.1. The van der Waals surface area contributed by atoms with Crippen molar-refractivity contribution in [2.45, 2.75) is 13.5 Å². The van der Waals surface area contributed by atoms with Crippen molar-refractivity contribution < 1.29 is 14.4 Å². The minimum Gasteiger partial charge on any atom is -0.488 e. The normalized spacial score (nSPS) is 10.5. The van der Waals surface area contributed by atoms with Crippen LogP contribution in [0.1, 0.15) is 12.5 Å². The van der Waals surface area contributed by atoms with Gasteiger partial charge < -0.3 is 9.57 Å². The number of rotatable bonds is 4. The van der Waals surface area contributed by atoms with Gasteiger partial charge in [-0.25, -0.2) is 4.79 Å². The summed E-state index contributed by atoms with van der Waals surface area (Å²) in [4.78, 5) is 28.4. The van der Waals surface area contributed by atoms with Gasteiger partial charge >= 0.3 is 5.97 Å². The predicted octanol–water partition coefficient (Wildman–Crippen LogP) is 2.56. The molecule has 0 aliphatic rings. The standard InChI is InChI=1S/C18H15NO4/c1-13(20)23-19-16-10-6-5-9-15(16)17(11-18(19)21)22-12-14-7-3-2-4-8-14/h2-11H,12H2,1H3. The molecule has 0 bridgehead atoms. The molecule has 0 saturated carbocycles. The molecule has 0 amide bonds. The molecule has 5 heteroatoms. The van der Waals surface area contributed by atoms with Gasteiger partial charge in [-0.2, -0.15) is 0 Å². The molecule has 2 aromatic carbocycles. The summed E-state index contributed by atoms with van der Waals surface area (Å²) in [5.41, 5.74) is 1.03. The second-order valence-corrected chi connectivity index (χ2v) is 5.02. The number of pyridine rings is 1. The fraction of sp³-hybridized carbons (Fsp3) is 0.111. The van der Waals surface area contributed by atoms with Gasteiger partial charge in [-0.15, -0.1) is 4.73 Å². The monoisotopic (exact) mass is 309 g/mol. The average molecular weight is 309 g/mol. The molecule has 0 unspecified atom stereocenters. The molecule has 0 atom stereocenters.